The number of hydrogen-bond acceptors (Lipinski definition) is 3. The number of nitrogens with zero attached hydrogens (tertiary/aromatic N) is 1. The summed E-state index contributed by atoms with van der Waals surface area (Å²) in [5.74, 6) is -0.379. The first-order valence-corrected chi connectivity index (χ1v) is 4.29. The minimum absolute atomic E-state index is 0.379. The highest BCUT2D eigenvalue weighted by Crippen LogP contribution is 1.94. The lowest BCUT2D eigenvalue weighted by molar-refractivity contribution is 0.100. The van der Waals surface area contributed by atoms with Crippen molar-refractivity contribution < 1.29 is 9.63 Å². The maximum Gasteiger partial charge on any atom is 0.248 e. The zero-order valence-electron chi connectivity index (χ0n) is 7.72. The van der Waals surface area contributed by atoms with E-state index in [1.165, 1.54) is 0 Å². The van der Waals surface area contributed by atoms with E-state index >= 15 is 0 Å². The molecule has 74 valence electrons. The quantitative estimate of drug-likeness (QED) is 0.726. The summed E-state index contributed by atoms with van der Waals surface area (Å²) in [6.07, 6.45) is 2.75. The van der Waals surface area contributed by atoms with Crippen molar-refractivity contribution in [2.45, 2.75) is 6.42 Å². The molecule has 14 heavy (non-hydrogen) atoms. The molecule has 0 aromatic heterocycles. The van der Waals surface area contributed by atoms with E-state index in [2.05, 4.69) is 9.99 Å². The Morgan fingerprint density at radius 3 is 2.36 bits per heavy atom. The minimum Gasteiger partial charge on any atom is -0.396 e. The third-order valence-electron chi connectivity index (χ3n) is 1.55. The number of carbonyl (C=O) groups excluding carboxylic acids is 1. The van der Waals surface area contributed by atoms with Crippen LogP contribution in [0.2, 0.25) is 0 Å². The second-order valence-electron chi connectivity index (χ2n) is 2.64. The highest BCUT2D eigenvalue weighted by atomic mass is 16.6. The standard InChI is InChI=1S/C7H7NO.C3H5NO/c8-7(9)6-4-2-1-3-5-6;1-2-4-5-3-1/h1-5H,(H2,8,9);2H,1,3H2. The molecule has 1 aliphatic rings. The van der Waals surface area contributed by atoms with Crippen LogP contribution in [-0.4, -0.2) is 18.7 Å². The molecule has 0 bridgehead atoms. The lowest BCUT2D eigenvalue weighted by Gasteiger charge is -1.89. The van der Waals surface area contributed by atoms with Gasteiger partial charge in [-0.15, -0.1) is 0 Å². The van der Waals surface area contributed by atoms with Gasteiger partial charge in [0, 0.05) is 18.2 Å². The zero-order chi connectivity index (χ0) is 10.2. The highest BCUT2D eigenvalue weighted by Gasteiger charge is 1.93. The number of rotatable bonds is 1. The van der Waals surface area contributed by atoms with Gasteiger partial charge in [-0.1, -0.05) is 23.4 Å². The number of nitrogens with two attached hydrogens (primary N) is 1. The number of benzene rings is 1. The summed E-state index contributed by atoms with van der Waals surface area (Å²) in [5.41, 5.74) is 5.53. The summed E-state index contributed by atoms with van der Waals surface area (Å²) in [4.78, 5) is 14.9. The van der Waals surface area contributed by atoms with Crippen molar-refractivity contribution in [1.29, 1.82) is 0 Å². The van der Waals surface area contributed by atoms with Crippen LogP contribution in [0.5, 0.6) is 0 Å². The van der Waals surface area contributed by atoms with Crippen LogP contribution >= 0.6 is 0 Å². The van der Waals surface area contributed by atoms with Crippen LogP contribution < -0.4 is 5.73 Å². The van der Waals surface area contributed by atoms with Crippen LogP contribution in [-0.2, 0) is 4.84 Å². The maximum absolute atomic E-state index is 10.4. The summed E-state index contributed by atoms with van der Waals surface area (Å²) in [7, 11) is 0. The van der Waals surface area contributed by atoms with Crippen LogP contribution in [0.25, 0.3) is 0 Å². The average Bonchev–Trinajstić information content (AvgIpc) is 2.77. The predicted molar refractivity (Wildman–Crippen MR) is 54.0 cm³/mol. The largest absolute Gasteiger partial charge is 0.396 e. The van der Waals surface area contributed by atoms with E-state index < -0.39 is 0 Å². The smallest absolute Gasteiger partial charge is 0.248 e. The Kier molecular flexibility index (Phi) is 4.20. The van der Waals surface area contributed by atoms with E-state index in [4.69, 9.17) is 5.73 Å². The van der Waals surface area contributed by atoms with Crippen molar-refractivity contribution in [2.24, 2.45) is 10.9 Å². The molecule has 0 saturated heterocycles. The van der Waals surface area contributed by atoms with Gasteiger partial charge in [-0.05, 0) is 12.1 Å². The Labute approximate surface area is 82.4 Å². The van der Waals surface area contributed by atoms with Crippen LogP contribution in [0, 0.1) is 0 Å². The Balaban J connectivity index is 0.000000165. The molecule has 1 aromatic rings. The Morgan fingerprint density at radius 2 is 2.07 bits per heavy atom. The van der Waals surface area contributed by atoms with Crippen molar-refractivity contribution >= 4 is 12.1 Å². The maximum atomic E-state index is 10.4. The minimum atomic E-state index is -0.379. The first-order valence-electron chi connectivity index (χ1n) is 4.29. The van der Waals surface area contributed by atoms with Crippen LogP contribution in [0.1, 0.15) is 16.8 Å². The fraction of sp³-hybridized carbons (Fsp3) is 0.200. The number of hydrogen-bond donors (Lipinski definition) is 1. The zero-order valence-corrected chi connectivity index (χ0v) is 7.72. The number of primary amides is 1. The van der Waals surface area contributed by atoms with Crippen molar-refractivity contribution in [2.75, 3.05) is 6.61 Å². The molecule has 0 radical (unpaired) electrons. The normalized spacial score (nSPS) is 12.6. The number of oxime groups is 1. The van der Waals surface area contributed by atoms with Crippen molar-refractivity contribution in [3.63, 3.8) is 0 Å². The molecule has 4 heteroatoms. The Hall–Kier alpha value is -1.84. The molecule has 0 aliphatic carbocycles. The highest BCUT2D eigenvalue weighted by molar-refractivity contribution is 5.92. The average molecular weight is 192 g/mol. The molecule has 1 aliphatic heterocycles. The van der Waals surface area contributed by atoms with Gasteiger partial charge in [-0.2, -0.15) is 0 Å². The molecule has 0 atom stereocenters. The fourth-order valence-electron chi connectivity index (χ4n) is 0.866. The Bertz CT molecular complexity index is 303. The molecule has 2 rings (SSSR count). The third kappa shape index (κ3) is 3.71. The molecule has 2 N–H and O–H groups in total. The SMILES string of the molecule is C1=NOCC1.NC(=O)c1ccccc1. The molecule has 0 saturated carbocycles. The molecule has 4 nitrogen and oxygen atoms in total. The fourth-order valence-corrected chi connectivity index (χ4v) is 0.866. The van der Waals surface area contributed by atoms with E-state index in [0.29, 0.717) is 5.56 Å². The van der Waals surface area contributed by atoms with E-state index in [-0.39, 0.29) is 5.91 Å². The molecule has 1 amide bonds. The molecular formula is C10H12N2O2. The number of amides is 1. The van der Waals surface area contributed by atoms with Gasteiger partial charge in [-0.3, -0.25) is 4.79 Å². The van der Waals surface area contributed by atoms with Gasteiger partial charge in [0.2, 0.25) is 5.91 Å². The molecule has 0 unspecified atom stereocenters. The molecule has 0 spiro atoms. The monoisotopic (exact) mass is 192 g/mol. The van der Waals surface area contributed by atoms with Crippen molar-refractivity contribution in [1.82, 2.24) is 0 Å². The van der Waals surface area contributed by atoms with Crippen LogP contribution in [0.3, 0.4) is 0 Å². The van der Waals surface area contributed by atoms with Gasteiger partial charge in [0.15, 0.2) is 0 Å². The van der Waals surface area contributed by atoms with E-state index in [1.54, 1.807) is 30.5 Å². The molecule has 0 fully saturated rings. The third-order valence-corrected chi connectivity index (χ3v) is 1.55. The lowest BCUT2D eigenvalue weighted by atomic mass is 10.2. The van der Waals surface area contributed by atoms with Crippen molar-refractivity contribution in [3.8, 4) is 0 Å². The van der Waals surface area contributed by atoms with Gasteiger partial charge in [0.1, 0.15) is 6.61 Å². The van der Waals surface area contributed by atoms with Gasteiger partial charge in [0.25, 0.3) is 0 Å². The lowest BCUT2D eigenvalue weighted by Crippen LogP contribution is -2.09. The summed E-state index contributed by atoms with van der Waals surface area (Å²) >= 11 is 0. The van der Waals surface area contributed by atoms with E-state index in [9.17, 15) is 4.79 Å². The first-order chi connectivity index (χ1) is 6.80. The topological polar surface area (TPSA) is 64.7 Å². The summed E-state index contributed by atoms with van der Waals surface area (Å²) in [6, 6.07) is 8.76. The van der Waals surface area contributed by atoms with Crippen molar-refractivity contribution in [3.05, 3.63) is 35.9 Å². The second-order valence-corrected chi connectivity index (χ2v) is 2.64. The van der Waals surface area contributed by atoms with Gasteiger partial charge in [0.05, 0.1) is 0 Å². The first kappa shape index (κ1) is 10.2. The molecule has 1 heterocycles. The van der Waals surface area contributed by atoms with Crippen LogP contribution in [0.15, 0.2) is 35.5 Å². The second kappa shape index (κ2) is 5.75. The predicted octanol–water partition coefficient (Wildman–Crippen LogP) is 1.18. The van der Waals surface area contributed by atoms with E-state index in [1.807, 2.05) is 6.07 Å². The summed E-state index contributed by atoms with van der Waals surface area (Å²) < 4.78 is 0. The molecular weight excluding hydrogens is 180 g/mol. The van der Waals surface area contributed by atoms with Gasteiger partial charge >= 0.3 is 0 Å². The summed E-state index contributed by atoms with van der Waals surface area (Å²) in [6.45, 7) is 0.778. The summed E-state index contributed by atoms with van der Waals surface area (Å²) in [5, 5.41) is 3.46. The van der Waals surface area contributed by atoms with Gasteiger partial charge in [-0.25, -0.2) is 0 Å². The van der Waals surface area contributed by atoms with Crippen LogP contribution in [0.4, 0.5) is 0 Å². The van der Waals surface area contributed by atoms with E-state index in [0.717, 1.165) is 13.0 Å². The Morgan fingerprint density at radius 1 is 1.36 bits per heavy atom. The number of carbonyl (C=O) groups is 1. The van der Waals surface area contributed by atoms with Gasteiger partial charge < -0.3 is 10.6 Å². The molecule has 1 aromatic carbocycles.